The molecule has 0 bridgehead atoms. The molecule has 0 aromatic heterocycles. The third-order valence-electron chi connectivity index (χ3n) is 3.69. The van der Waals surface area contributed by atoms with Crippen molar-refractivity contribution in [1.82, 2.24) is 15.7 Å². The van der Waals surface area contributed by atoms with E-state index in [2.05, 4.69) is 10.6 Å². The molecule has 0 aromatic rings. The molecule has 0 saturated carbocycles. The van der Waals surface area contributed by atoms with Gasteiger partial charge in [0.2, 0.25) is 11.8 Å². The van der Waals surface area contributed by atoms with E-state index in [1.165, 1.54) is 12.2 Å². The van der Waals surface area contributed by atoms with Gasteiger partial charge in [-0.2, -0.15) is 5.06 Å². The zero-order chi connectivity index (χ0) is 21.4. The Labute approximate surface area is 163 Å². The molecule has 0 radical (unpaired) electrons. The molecule has 8 nitrogen and oxygen atoms in total. The maximum absolute atomic E-state index is 12.6. The lowest BCUT2D eigenvalue weighted by Crippen LogP contribution is -2.54. The van der Waals surface area contributed by atoms with Crippen LogP contribution in [0.15, 0.2) is 0 Å². The van der Waals surface area contributed by atoms with Crippen LogP contribution in [0.5, 0.6) is 0 Å². The molecule has 2 N–H and O–H groups in total. The standard InChI is InChI=1S/C19H37N3O5/c1-12(2)10-14(20-18(25)27-19(5,6)7)16(23)21-17(24)15(11-13(3)4)22(8)26-9/h12-15H,10-11H2,1-9H3,(H,20,25)(H,21,23,24)/t14-,15-/m0/s1. The van der Waals surface area contributed by atoms with Crippen LogP contribution >= 0.6 is 0 Å². The van der Waals surface area contributed by atoms with Gasteiger partial charge in [0.05, 0.1) is 7.11 Å². The first kappa shape index (κ1) is 25.3. The van der Waals surface area contributed by atoms with Crippen LogP contribution in [0.3, 0.4) is 0 Å². The van der Waals surface area contributed by atoms with Crippen LogP contribution in [0.25, 0.3) is 0 Å². The van der Waals surface area contributed by atoms with Crippen LogP contribution in [0, 0.1) is 11.8 Å². The molecule has 0 heterocycles. The zero-order valence-electron chi connectivity index (χ0n) is 18.2. The molecule has 0 aliphatic heterocycles. The van der Waals surface area contributed by atoms with Crippen LogP contribution in [-0.4, -0.2) is 54.8 Å². The highest BCUT2D eigenvalue weighted by molar-refractivity contribution is 6.00. The molecule has 3 amide bonds. The number of carbonyl (C=O) groups is 3. The van der Waals surface area contributed by atoms with E-state index in [-0.39, 0.29) is 11.8 Å². The monoisotopic (exact) mass is 387 g/mol. The minimum absolute atomic E-state index is 0.138. The Morgan fingerprint density at radius 1 is 0.963 bits per heavy atom. The summed E-state index contributed by atoms with van der Waals surface area (Å²) in [5.74, 6) is -0.644. The highest BCUT2D eigenvalue weighted by atomic mass is 16.7. The minimum atomic E-state index is -0.864. The van der Waals surface area contributed by atoms with E-state index in [0.717, 1.165) is 0 Å². The highest BCUT2D eigenvalue weighted by Gasteiger charge is 2.30. The quantitative estimate of drug-likeness (QED) is 0.590. The molecule has 0 unspecified atom stereocenters. The third-order valence-corrected chi connectivity index (χ3v) is 3.69. The molecule has 2 atom stereocenters. The molecule has 0 saturated heterocycles. The van der Waals surface area contributed by atoms with Crippen LogP contribution < -0.4 is 10.6 Å². The maximum atomic E-state index is 12.6. The number of likely N-dealkylation sites (N-methyl/N-ethyl adjacent to an activating group) is 1. The van der Waals surface area contributed by atoms with Gasteiger partial charge >= 0.3 is 6.09 Å². The summed E-state index contributed by atoms with van der Waals surface area (Å²) in [7, 11) is 3.11. The van der Waals surface area contributed by atoms with Gasteiger partial charge in [-0.1, -0.05) is 27.7 Å². The topological polar surface area (TPSA) is 97.0 Å². The van der Waals surface area contributed by atoms with Crippen molar-refractivity contribution < 1.29 is 24.0 Å². The van der Waals surface area contributed by atoms with Crippen LogP contribution in [0.4, 0.5) is 4.79 Å². The Balaban J connectivity index is 5.14. The van der Waals surface area contributed by atoms with Gasteiger partial charge in [0.25, 0.3) is 0 Å². The molecular formula is C19H37N3O5. The second-order valence-electron chi connectivity index (χ2n) is 8.56. The lowest BCUT2D eigenvalue weighted by Gasteiger charge is -2.27. The highest BCUT2D eigenvalue weighted by Crippen LogP contribution is 2.12. The summed E-state index contributed by atoms with van der Waals surface area (Å²) in [4.78, 5) is 42.4. The molecule has 0 fully saturated rings. The van der Waals surface area contributed by atoms with Crippen LogP contribution in [0.2, 0.25) is 0 Å². The number of nitrogens with zero attached hydrogens (tertiary/aromatic N) is 1. The largest absolute Gasteiger partial charge is 0.444 e. The number of hydroxylamine groups is 2. The maximum Gasteiger partial charge on any atom is 0.408 e. The summed E-state index contributed by atoms with van der Waals surface area (Å²) < 4.78 is 5.22. The molecule has 0 rings (SSSR count). The fourth-order valence-corrected chi connectivity index (χ4v) is 2.44. The normalized spacial score (nSPS) is 14.2. The predicted octanol–water partition coefficient (Wildman–Crippen LogP) is 2.48. The van der Waals surface area contributed by atoms with Crippen molar-refractivity contribution in [3.05, 3.63) is 0 Å². The van der Waals surface area contributed by atoms with Crippen LogP contribution in [-0.2, 0) is 19.2 Å². The van der Waals surface area contributed by atoms with Crippen molar-refractivity contribution in [3.63, 3.8) is 0 Å². The summed E-state index contributed by atoms with van der Waals surface area (Å²) in [5, 5.41) is 6.39. The second-order valence-corrected chi connectivity index (χ2v) is 8.56. The van der Waals surface area contributed by atoms with Crippen molar-refractivity contribution in [2.45, 2.75) is 79.0 Å². The number of alkyl carbamates (subject to hydrolysis) is 1. The fourth-order valence-electron chi connectivity index (χ4n) is 2.44. The summed E-state index contributed by atoms with van der Waals surface area (Å²) in [5.41, 5.74) is -0.678. The smallest absolute Gasteiger partial charge is 0.408 e. The van der Waals surface area contributed by atoms with Crippen molar-refractivity contribution in [1.29, 1.82) is 0 Å². The Hall–Kier alpha value is -1.67. The van der Waals surface area contributed by atoms with E-state index in [0.29, 0.717) is 12.8 Å². The molecule has 0 spiro atoms. The predicted molar refractivity (Wildman–Crippen MR) is 104 cm³/mol. The molecule has 158 valence electrons. The molecule has 27 heavy (non-hydrogen) atoms. The van der Waals surface area contributed by atoms with Crippen molar-refractivity contribution in [3.8, 4) is 0 Å². The summed E-state index contributed by atoms with van der Waals surface area (Å²) in [6.45, 7) is 13.0. The number of ether oxygens (including phenoxy) is 1. The average molecular weight is 388 g/mol. The molecule has 0 aliphatic rings. The van der Waals surface area contributed by atoms with Gasteiger partial charge in [0.15, 0.2) is 0 Å². The van der Waals surface area contributed by atoms with Crippen LogP contribution in [0.1, 0.15) is 61.3 Å². The van der Waals surface area contributed by atoms with Gasteiger partial charge in [0, 0.05) is 7.05 Å². The first-order valence-electron chi connectivity index (χ1n) is 9.38. The average Bonchev–Trinajstić information content (AvgIpc) is 2.48. The number of amides is 3. The minimum Gasteiger partial charge on any atom is -0.444 e. The first-order chi connectivity index (χ1) is 12.3. The van der Waals surface area contributed by atoms with Gasteiger partial charge in [-0.15, -0.1) is 0 Å². The summed E-state index contributed by atoms with van der Waals surface area (Å²) in [6, 6.07) is -1.48. The number of imide groups is 1. The number of carbonyl (C=O) groups excluding carboxylic acids is 3. The lowest BCUT2D eigenvalue weighted by atomic mass is 10.0. The number of nitrogens with one attached hydrogen (secondary N) is 2. The Morgan fingerprint density at radius 2 is 1.48 bits per heavy atom. The van der Waals surface area contributed by atoms with Crippen molar-refractivity contribution in [2.75, 3.05) is 14.2 Å². The fraction of sp³-hybridized carbons (Fsp3) is 0.842. The number of hydrogen-bond acceptors (Lipinski definition) is 6. The first-order valence-corrected chi connectivity index (χ1v) is 9.38. The van der Waals surface area contributed by atoms with Gasteiger partial charge in [-0.3, -0.25) is 14.9 Å². The van der Waals surface area contributed by atoms with E-state index in [9.17, 15) is 14.4 Å². The SMILES string of the molecule is CON(C)[C@@H](CC(C)C)C(=O)NC(=O)[C@H](CC(C)C)NC(=O)OC(C)(C)C. The van der Waals surface area contributed by atoms with Gasteiger partial charge in [-0.05, 0) is 45.4 Å². The second kappa shape index (κ2) is 11.2. The number of rotatable bonds is 9. The van der Waals surface area contributed by atoms with Gasteiger partial charge in [0.1, 0.15) is 17.7 Å². The third kappa shape index (κ3) is 10.9. The summed E-state index contributed by atoms with van der Waals surface area (Å²) in [6.07, 6.45) is 0.217. The van der Waals surface area contributed by atoms with Gasteiger partial charge in [-0.25, -0.2) is 4.79 Å². The Morgan fingerprint density at radius 3 is 1.89 bits per heavy atom. The molecule has 8 heteroatoms. The Kier molecular flexibility index (Phi) is 10.5. The van der Waals surface area contributed by atoms with E-state index in [1.807, 2.05) is 27.7 Å². The van der Waals surface area contributed by atoms with Crippen molar-refractivity contribution in [2.24, 2.45) is 11.8 Å². The molecular weight excluding hydrogens is 350 g/mol. The van der Waals surface area contributed by atoms with Crippen molar-refractivity contribution >= 4 is 17.9 Å². The molecule has 0 aromatic carbocycles. The van der Waals surface area contributed by atoms with Gasteiger partial charge < -0.3 is 14.9 Å². The van der Waals surface area contributed by atoms with E-state index in [4.69, 9.17) is 9.57 Å². The van der Waals surface area contributed by atoms with E-state index in [1.54, 1.807) is 27.8 Å². The molecule has 0 aliphatic carbocycles. The lowest BCUT2D eigenvalue weighted by molar-refractivity contribution is -0.164. The zero-order valence-corrected chi connectivity index (χ0v) is 18.2. The van der Waals surface area contributed by atoms with E-state index >= 15 is 0 Å². The number of hydrogen-bond donors (Lipinski definition) is 2. The summed E-state index contributed by atoms with van der Waals surface area (Å²) >= 11 is 0. The Bertz CT molecular complexity index is 500. The van der Waals surface area contributed by atoms with E-state index < -0.39 is 35.6 Å².